The molecule has 0 heterocycles. The number of anilines is 1. The van der Waals surface area contributed by atoms with Crippen molar-refractivity contribution in [3.63, 3.8) is 0 Å². The Bertz CT molecular complexity index is 663. The van der Waals surface area contributed by atoms with E-state index in [1.165, 1.54) is 5.56 Å². The number of hydrogen-bond donors (Lipinski definition) is 2. The fourth-order valence-electron chi connectivity index (χ4n) is 2.38. The third kappa shape index (κ3) is 5.22. The largest absolute Gasteiger partial charge is 0.497 e. The van der Waals surface area contributed by atoms with E-state index in [0.717, 1.165) is 40.0 Å². The molecule has 0 unspecified atom stereocenters. The maximum atomic E-state index is 5.39. The van der Waals surface area contributed by atoms with Crippen molar-refractivity contribution in [1.82, 2.24) is 5.32 Å². The fraction of sp³-hybridized carbons (Fsp3) is 0.278. The van der Waals surface area contributed by atoms with Crippen LogP contribution in [-0.2, 0) is 6.42 Å². The number of rotatable bonds is 5. The molecular formula is C18H21BrN2OS. The molecule has 3 nitrogen and oxygen atoms in total. The number of ether oxygens (including phenoxy) is 1. The normalized spacial score (nSPS) is 10.3. The van der Waals surface area contributed by atoms with Crippen molar-refractivity contribution in [2.24, 2.45) is 0 Å². The van der Waals surface area contributed by atoms with Gasteiger partial charge in [-0.15, -0.1) is 0 Å². The zero-order valence-corrected chi connectivity index (χ0v) is 16.0. The Labute approximate surface area is 151 Å². The highest BCUT2D eigenvalue weighted by molar-refractivity contribution is 9.10. The van der Waals surface area contributed by atoms with Crippen molar-refractivity contribution in [2.45, 2.75) is 20.3 Å². The summed E-state index contributed by atoms with van der Waals surface area (Å²) in [4.78, 5) is 0. The van der Waals surface area contributed by atoms with Crippen LogP contribution in [0, 0.1) is 13.8 Å². The summed E-state index contributed by atoms with van der Waals surface area (Å²) in [7, 11) is 1.67. The van der Waals surface area contributed by atoms with Crippen LogP contribution in [0.4, 0.5) is 5.69 Å². The van der Waals surface area contributed by atoms with Crippen molar-refractivity contribution in [2.75, 3.05) is 19.0 Å². The minimum absolute atomic E-state index is 0.645. The first-order chi connectivity index (χ1) is 11.0. The van der Waals surface area contributed by atoms with Crippen LogP contribution in [0.3, 0.4) is 0 Å². The summed E-state index contributed by atoms with van der Waals surface area (Å²) in [5, 5.41) is 7.19. The van der Waals surface area contributed by atoms with E-state index in [2.05, 4.69) is 64.7 Å². The van der Waals surface area contributed by atoms with Crippen molar-refractivity contribution < 1.29 is 4.74 Å². The number of hydrogen-bond acceptors (Lipinski definition) is 2. The van der Waals surface area contributed by atoms with E-state index in [9.17, 15) is 0 Å². The molecule has 0 aliphatic carbocycles. The first-order valence-corrected chi connectivity index (χ1v) is 8.64. The molecule has 122 valence electrons. The minimum atomic E-state index is 0.645. The zero-order chi connectivity index (χ0) is 16.8. The van der Waals surface area contributed by atoms with Crippen LogP contribution in [0.25, 0.3) is 0 Å². The third-order valence-corrected chi connectivity index (χ3v) is 4.30. The van der Waals surface area contributed by atoms with E-state index in [1.807, 2.05) is 12.1 Å². The van der Waals surface area contributed by atoms with E-state index in [-0.39, 0.29) is 0 Å². The van der Waals surface area contributed by atoms with Crippen molar-refractivity contribution in [3.05, 3.63) is 57.6 Å². The average molecular weight is 393 g/mol. The van der Waals surface area contributed by atoms with Gasteiger partial charge in [0.15, 0.2) is 5.11 Å². The second-order valence-corrected chi connectivity index (χ2v) is 6.72. The highest BCUT2D eigenvalue weighted by atomic mass is 79.9. The molecule has 0 fully saturated rings. The van der Waals surface area contributed by atoms with Crippen LogP contribution in [0.15, 0.2) is 40.9 Å². The van der Waals surface area contributed by atoms with Gasteiger partial charge in [0, 0.05) is 16.7 Å². The standard InChI is InChI=1S/C18H21BrN2OS/c1-12-10-15(19)11-13(2)17(12)21-18(23)20-9-8-14-4-6-16(22-3)7-5-14/h4-7,10-11H,8-9H2,1-3H3,(H2,20,21,23). The lowest BCUT2D eigenvalue weighted by Crippen LogP contribution is -2.30. The summed E-state index contributed by atoms with van der Waals surface area (Å²) in [5.74, 6) is 0.875. The monoisotopic (exact) mass is 392 g/mol. The first kappa shape index (κ1) is 17.8. The van der Waals surface area contributed by atoms with Gasteiger partial charge in [-0.3, -0.25) is 0 Å². The number of nitrogens with one attached hydrogen (secondary N) is 2. The Morgan fingerprint density at radius 3 is 2.30 bits per heavy atom. The van der Waals surface area contributed by atoms with Crippen molar-refractivity contribution in [3.8, 4) is 5.75 Å². The van der Waals surface area contributed by atoms with Crippen LogP contribution in [-0.4, -0.2) is 18.8 Å². The van der Waals surface area contributed by atoms with Crippen molar-refractivity contribution in [1.29, 1.82) is 0 Å². The molecule has 2 aromatic rings. The smallest absolute Gasteiger partial charge is 0.170 e. The van der Waals surface area contributed by atoms with Gasteiger partial charge in [0.25, 0.3) is 0 Å². The van der Waals surface area contributed by atoms with Gasteiger partial charge in [-0.1, -0.05) is 28.1 Å². The highest BCUT2D eigenvalue weighted by Crippen LogP contribution is 2.24. The summed E-state index contributed by atoms with van der Waals surface area (Å²) >= 11 is 8.90. The van der Waals surface area contributed by atoms with Gasteiger partial charge in [-0.25, -0.2) is 0 Å². The van der Waals surface area contributed by atoms with E-state index in [1.54, 1.807) is 7.11 Å². The SMILES string of the molecule is COc1ccc(CCNC(=S)Nc2c(C)cc(Br)cc2C)cc1. The lowest BCUT2D eigenvalue weighted by atomic mass is 10.1. The highest BCUT2D eigenvalue weighted by Gasteiger charge is 2.06. The molecule has 23 heavy (non-hydrogen) atoms. The number of benzene rings is 2. The zero-order valence-electron chi connectivity index (χ0n) is 13.6. The molecule has 2 aromatic carbocycles. The quantitative estimate of drug-likeness (QED) is 0.728. The molecule has 2 rings (SSSR count). The Hall–Kier alpha value is -1.59. The van der Waals surface area contributed by atoms with Gasteiger partial charge in [-0.05, 0) is 73.4 Å². The molecule has 0 aliphatic heterocycles. The molecule has 0 atom stereocenters. The summed E-state index contributed by atoms with van der Waals surface area (Å²) in [6.07, 6.45) is 0.907. The molecule has 0 aromatic heterocycles. The summed E-state index contributed by atoms with van der Waals surface area (Å²) in [5.41, 5.74) is 4.64. The molecule has 5 heteroatoms. The third-order valence-electron chi connectivity index (χ3n) is 3.59. The molecular weight excluding hydrogens is 372 g/mol. The van der Waals surface area contributed by atoms with E-state index in [4.69, 9.17) is 17.0 Å². The molecule has 0 spiro atoms. The van der Waals surface area contributed by atoms with Gasteiger partial charge in [0.05, 0.1) is 7.11 Å². The van der Waals surface area contributed by atoms with Crippen molar-refractivity contribution >= 4 is 38.9 Å². The minimum Gasteiger partial charge on any atom is -0.497 e. The molecule has 2 N–H and O–H groups in total. The van der Waals surface area contributed by atoms with Gasteiger partial charge in [0.2, 0.25) is 0 Å². The number of aryl methyl sites for hydroxylation is 2. The van der Waals surface area contributed by atoms with Crippen LogP contribution in [0.2, 0.25) is 0 Å². The van der Waals surface area contributed by atoms with Crippen LogP contribution >= 0.6 is 28.1 Å². The molecule has 0 radical (unpaired) electrons. The Balaban J connectivity index is 1.85. The Morgan fingerprint density at radius 2 is 1.74 bits per heavy atom. The fourth-order valence-corrected chi connectivity index (χ4v) is 3.27. The maximum Gasteiger partial charge on any atom is 0.170 e. The van der Waals surface area contributed by atoms with Crippen LogP contribution in [0.1, 0.15) is 16.7 Å². The van der Waals surface area contributed by atoms with E-state index in [0.29, 0.717) is 5.11 Å². The first-order valence-electron chi connectivity index (χ1n) is 7.44. The number of methoxy groups -OCH3 is 1. The predicted octanol–water partition coefficient (Wildman–Crippen LogP) is 4.60. The van der Waals surface area contributed by atoms with Gasteiger partial charge in [-0.2, -0.15) is 0 Å². The second kappa shape index (κ2) is 8.31. The number of thiocarbonyl (C=S) groups is 1. The maximum absolute atomic E-state index is 5.39. The molecule has 0 saturated carbocycles. The van der Waals surface area contributed by atoms with Gasteiger partial charge >= 0.3 is 0 Å². The Morgan fingerprint density at radius 1 is 1.13 bits per heavy atom. The average Bonchev–Trinajstić information content (AvgIpc) is 2.51. The molecule has 0 bridgehead atoms. The lowest BCUT2D eigenvalue weighted by molar-refractivity contribution is 0.414. The Kier molecular flexibility index (Phi) is 6.42. The molecule has 0 saturated heterocycles. The van der Waals surface area contributed by atoms with Gasteiger partial charge in [0.1, 0.15) is 5.75 Å². The summed E-state index contributed by atoms with van der Waals surface area (Å²) in [6.45, 7) is 4.92. The molecule has 0 amide bonds. The summed E-state index contributed by atoms with van der Waals surface area (Å²) in [6, 6.07) is 12.2. The topological polar surface area (TPSA) is 33.3 Å². The van der Waals surface area contributed by atoms with Crippen LogP contribution in [0.5, 0.6) is 5.75 Å². The number of halogens is 1. The summed E-state index contributed by atoms with van der Waals surface area (Å²) < 4.78 is 6.24. The molecule has 0 aliphatic rings. The van der Waals surface area contributed by atoms with E-state index < -0.39 is 0 Å². The lowest BCUT2D eigenvalue weighted by Gasteiger charge is -2.15. The van der Waals surface area contributed by atoms with E-state index >= 15 is 0 Å². The van der Waals surface area contributed by atoms with Crippen LogP contribution < -0.4 is 15.4 Å². The van der Waals surface area contributed by atoms with Gasteiger partial charge < -0.3 is 15.4 Å². The second-order valence-electron chi connectivity index (χ2n) is 5.39. The predicted molar refractivity (Wildman–Crippen MR) is 105 cm³/mol.